The number of hydrogen-bond donors (Lipinski definition) is 0. The number of methoxy groups -OCH3 is 1. The molecule has 0 atom stereocenters. The molecule has 0 aromatic carbocycles. The zero-order valence-electron chi connectivity index (χ0n) is 11.1. The third kappa shape index (κ3) is 4.91. The predicted molar refractivity (Wildman–Crippen MR) is 68.7 cm³/mol. The molecule has 0 unspecified atom stereocenters. The van der Waals surface area contributed by atoms with Crippen molar-refractivity contribution >= 4 is 16.0 Å². The lowest BCUT2D eigenvalue weighted by Crippen LogP contribution is -2.36. The fourth-order valence-corrected chi connectivity index (χ4v) is 3.47. The summed E-state index contributed by atoms with van der Waals surface area (Å²) in [5.41, 5.74) is 0. The van der Waals surface area contributed by atoms with Crippen molar-refractivity contribution in [1.82, 2.24) is 9.21 Å². The number of ether oxygens (including phenoxy) is 1. The molecule has 1 saturated heterocycles. The first-order valence-corrected chi connectivity index (χ1v) is 7.80. The highest BCUT2D eigenvalue weighted by molar-refractivity contribution is 7.89. The van der Waals surface area contributed by atoms with Crippen LogP contribution in [0.1, 0.15) is 19.3 Å². The van der Waals surface area contributed by atoms with E-state index >= 15 is 0 Å². The SMILES string of the molecule is COC(=O)CCCS(=O)(=O)N1CCCN(C)CC1. The van der Waals surface area contributed by atoms with Crippen LogP contribution in [0.4, 0.5) is 0 Å². The van der Waals surface area contributed by atoms with E-state index in [-0.39, 0.29) is 18.1 Å². The Hall–Kier alpha value is -0.660. The zero-order chi connectivity index (χ0) is 13.6. The van der Waals surface area contributed by atoms with Crippen molar-refractivity contribution in [2.75, 3.05) is 46.1 Å². The Labute approximate surface area is 109 Å². The van der Waals surface area contributed by atoms with Gasteiger partial charge in [-0.25, -0.2) is 12.7 Å². The van der Waals surface area contributed by atoms with E-state index in [4.69, 9.17) is 0 Å². The van der Waals surface area contributed by atoms with Crippen LogP contribution in [-0.4, -0.2) is 69.7 Å². The zero-order valence-corrected chi connectivity index (χ0v) is 11.9. The first kappa shape index (κ1) is 15.4. The monoisotopic (exact) mass is 278 g/mol. The van der Waals surface area contributed by atoms with Gasteiger partial charge in [-0.2, -0.15) is 0 Å². The fraction of sp³-hybridized carbons (Fsp3) is 0.909. The molecule has 1 aliphatic rings. The standard InChI is InChI=1S/C11H22N2O4S/c1-12-6-4-7-13(9-8-12)18(15,16)10-3-5-11(14)17-2/h3-10H2,1-2H3. The first-order chi connectivity index (χ1) is 8.45. The minimum atomic E-state index is -3.24. The van der Waals surface area contributed by atoms with Crippen LogP contribution >= 0.6 is 0 Å². The van der Waals surface area contributed by atoms with Gasteiger partial charge in [0.25, 0.3) is 0 Å². The summed E-state index contributed by atoms with van der Waals surface area (Å²) in [7, 11) is 0.0653. The third-order valence-electron chi connectivity index (χ3n) is 3.08. The van der Waals surface area contributed by atoms with Crippen LogP contribution in [-0.2, 0) is 19.6 Å². The van der Waals surface area contributed by atoms with Crippen LogP contribution in [0.25, 0.3) is 0 Å². The molecule has 1 aliphatic heterocycles. The van der Waals surface area contributed by atoms with Gasteiger partial charge in [0.05, 0.1) is 12.9 Å². The van der Waals surface area contributed by atoms with E-state index in [1.807, 2.05) is 7.05 Å². The molecule has 0 saturated carbocycles. The predicted octanol–water partition coefficient (Wildman–Crippen LogP) is -0.0931. The topological polar surface area (TPSA) is 66.9 Å². The minimum absolute atomic E-state index is 0.0197. The molecule has 6 nitrogen and oxygen atoms in total. The lowest BCUT2D eigenvalue weighted by molar-refractivity contribution is -0.140. The van der Waals surface area contributed by atoms with Crippen LogP contribution in [0.3, 0.4) is 0 Å². The van der Waals surface area contributed by atoms with Gasteiger partial charge in [0.1, 0.15) is 0 Å². The third-order valence-corrected chi connectivity index (χ3v) is 5.04. The van der Waals surface area contributed by atoms with Crippen molar-refractivity contribution in [3.05, 3.63) is 0 Å². The van der Waals surface area contributed by atoms with E-state index < -0.39 is 10.0 Å². The summed E-state index contributed by atoms with van der Waals surface area (Å²) in [6.07, 6.45) is 1.33. The summed E-state index contributed by atoms with van der Waals surface area (Å²) in [5, 5.41) is 0. The van der Waals surface area contributed by atoms with Gasteiger partial charge < -0.3 is 9.64 Å². The van der Waals surface area contributed by atoms with Gasteiger partial charge in [-0.3, -0.25) is 4.79 Å². The van der Waals surface area contributed by atoms with Gasteiger partial charge >= 0.3 is 5.97 Å². The second-order valence-corrected chi connectivity index (χ2v) is 6.64. The Balaban J connectivity index is 2.44. The molecular formula is C11H22N2O4S. The van der Waals surface area contributed by atoms with E-state index in [2.05, 4.69) is 9.64 Å². The molecule has 0 aromatic rings. The van der Waals surface area contributed by atoms with Crippen LogP contribution in [0.15, 0.2) is 0 Å². The number of carbonyl (C=O) groups excluding carboxylic acids is 1. The lowest BCUT2D eigenvalue weighted by Gasteiger charge is -2.19. The van der Waals surface area contributed by atoms with Crippen molar-refractivity contribution in [3.63, 3.8) is 0 Å². The Morgan fingerprint density at radius 2 is 1.94 bits per heavy atom. The average molecular weight is 278 g/mol. The highest BCUT2D eigenvalue weighted by Gasteiger charge is 2.23. The summed E-state index contributed by atoms with van der Waals surface area (Å²) < 4.78 is 30.2. The molecule has 7 heteroatoms. The van der Waals surface area contributed by atoms with Gasteiger partial charge in [0, 0.05) is 26.1 Å². The Morgan fingerprint density at radius 3 is 2.61 bits per heavy atom. The maximum atomic E-state index is 12.1. The minimum Gasteiger partial charge on any atom is -0.469 e. The van der Waals surface area contributed by atoms with Crippen LogP contribution in [0.2, 0.25) is 0 Å². The molecule has 0 N–H and O–H groups in total. The fourth-order valence-electron chi connectivity index (χ4n) is 1.93. The molecule has 0 amide bonds. The molecule has 1 rings (SSSR count). The number of sulfonamides is 1. The Morgan fingerprint density at radius 1 is 1.22 bits per heavy atom. The van der Waals surface area contributed by atoms with Crippen molar-refractivity contribution in [2.45, 2.75) is 19.3 Å². The normalized spacial score (nSPS) is 19.4. The summed E-state index contributed by atoms with van der Waals surface area (Å²) in [5.74, 6) is -0.341. The second kappa shape index (κ2) is 7.06. The first-order valence-electron chi connectivity index (χ1n) is 6.19. The smallest absolute Gasteiger partial charge is 0.305 e. The molecule has 1 fully saturated rings. The largest absolute Gasteiger partial charge is 0.469 e. The Kier molecular flexibility index (Phi) is 6.04. The molecule has 1 heterocycles. The summed E-state index contributed by atoms with van der Waals surface area (Å²) in [4.78, 5) is 13.1. The molecule has 18 heavy (non-hydrogen) atoms. The highest BCUT2D eigenvalue weighted by Crippen LogP contribution is 2.09. The molecule has 0 bridgehead atoms. The van der Waals surface area contributed by atoms with Gasteiger partial charge in [-0.05, 0) is 26.4 Å². The number of esters is 1. The number of carbonyl (C=O) groups is 1. The van der Waals surface area contributed by atoms with Gasteiger partial charge in [0.2, 0.25) is 10.0 Å². The maximum absolute atomic E-state index is 12.1. The van der Waals surface area contributed by atoms with Gasteiger partial charge in [0.15, 0.2) is 0 Å². The molecule has 0 aliphatic carbocycles. The molecule has 0 spiro atoms. The van der Waals surface area contributed by atoms with Crippen LogP contribution in [0.5, 0.6) is 0 Å². The molecule has 0 aromatic heterocycles. The van der Waals surface area contributed by atoms with E-state index in [0.29, 0.717) is 19.5 Å². The number of rotatable bonds is 5. The number of likely N-dealkylation sites (N-methyl/N-ethyl adjacent to an activating group) is 1. The number of hydrogen-bond acceptors (Lipinski definition) is 5. The molecule has 106 valence electrons. The van der Waals surface area contributed by atoms with E-state index in [0.717, 1.165) is 19.5 Å². The summed E-state index contributed by atoms with van der Waals surface area (Å²) in [6, 6.07) is 0. The van der Waals surface area contributed by atoms with Gasteiger partial charge in [-0.15, -0.1) is 0 Å². The summed E-state index contributed by atoms with van der Waals surface area (Å²) in [6.45, 7) is 2.80. The van der Waals surface area contributed by atoms with Gasteiger partial charge in [-0.1, -0.05) is 0 Å². The van der Waals surface area contributed by atoms with Crippen molar-refractivity contribution in [2.24, 2.45) is 0 Å². The van der Waals surface area contributed by atoms with Crippen LogP contribution in [0, 0.1) is 0 Å². The van der Waals surface area contributed by atoms with Crippen molar-refractivity contribution < 1.29 is 17.9 Å². The maximum Gasteiger partial charge on any atom is 0.305 e. The van der Waals surface area contributed by atoms with Crippen molar-refractivity contribution in [3.8, 4) is 0 Å². The van der Waals surface area contributed by atoms with Crippen molar-refractivity contribution in [1.29, 1.82) is 0 Å². The quantitative estimate of drug-likeness (QED) is 0.657. The van der Waals surface area contributed by atoms with E-state index in [1.54, 1.807) is 0 Å². The average Bonchev–Trinajstić information content (AvgIpc) is 2.54. The highest BCUT2D eigenvalue weighted by atomic mass is 32.2. The second-order valence-electron chi connectivity index (χ2n) is 4.55. The van der Waals surface area contributed by atoms with E-state index in [9.17, 15) is 13.2 Å². The number of nitrogens with zero attached hydrogens (tertiary/aromatic N) is 2. The van der Waals surface area contributed by atoms with E-state index in [1.165, 1.54) is 11.4 Å². The Bertz CT molecular complexity index is 369. The summed E-state index contributed by atoms with van der Waals surface area (Å²) >= 11 is 0. The molecular weight excluding hydrogens is 256 g/mol. The van der Waals surface area contributed by atoms with Crippen LogP contribution < -0.4 is 0 Å². The molecule has 0 radical (unpaired) electrons. The lowest BCUT2D eigenvalue weighted by atomic mass is 10.3.